The van der Waals surface area contributed by atoms with Gasteiger partial charge < -0.3 is 25.5 Å². The topological polar surface area (TPSA) is 14.1 Å². The summed E-state index contributed by atoms with van der Waals surface area (Å²) >= 11 is 0. The smallest absolute Gasteiger partial charge is 0.660 e. The Hall–Kier alpha value is 0.285. The van der Waals surface area contributed by atoms with Crippen LogP contribution in [0.2, 0.25) is 57.9 Å². The van der Waals surface area contributed by atoms with Crippen LogP contribution in [-0.2, 0) is 21.7 Å². The molecule has 0 aliphatic heterocycles. The molecule has 0 aromatic rings. The van der Waals surface area contributed by atoms with E-state index in [0.717, 1.165) is 0 Å². The van der Waals surface area contributed by atoms with Gasteiger partial charge in [0.1, 0.15) is 0 Å². The predicted octanol–water partition coefficient (Wildman–Crippen LogP) is 12.1. The van der Waals surface area contributed by atoms with Crippen LogP contribution in [0.4, 0.5) is 0 Å². The van der Waals surface area contributed by atoms with E-state index in [1.165, 1.54) is 11.1 Å². The first kappa shape index (κ1) is 43.4. The Balaban J connectivity index is 0. The maximum Gasteiger partial charge on any atom is 4.00 e. The van der Waals surface area contributed by atoms with E-state index in [2.05, 4.69) is 164 Å². The Labute approximate surface area is 278 Å². The summed E-state index contributed by atoms with van der Waals surface area (Å²) in [6.45, 7) is 47.0. The molecule has 1 fully saturated rings. The summed E-state index contributed by atoms with van der Waals surface area (Å²) < 4.78 is 0. The number of nitrogens with zero attached hydrogens (tertiary/aromatic N) is 1. The van der Waals surface area contributed by atoms with Crippen LogP contribution < -0.4 is 0 Å². The number of fused-ring (bicyclic) bond motifs is 3. The fraction of sp³-hybridized carbons (Fsp3) is 0.694. The molecular formula is C36H69NSi3Ti. The molecule has 0 N–H and O–H groups in total. The van der Waals surface area contributed by atoms with Crippen LogP contribution in [0.15, 0.2) is 47.6 Å². The Kier molecular flexibility index (Phi) is 15.9. The van der Waals surface area contributed by atoms with Crippen molar-refractivity contribution < 1.29 is 21.7 Å². The first-order valence-corrected chi connectivity index (χ1v) is 25.7. The molecule has 4 atom stereocenters. The monoisotopic (exact) mass is 647 g/mol. The van der Waals surface area contributed by atoms with Crippen molar-refractivity contribution in [2.75, 3.05) is 0 Å². The predicted molar refractivity (Wildman–Crippen MR) is 195 cm³/mol. The summed E-state index contributed by atoms with van der Waals surface area (Å²) in [6, 6.07) is 0. The van der Waals surface area contributed by atoms with Crippen molar-refractivity contribution in [1.29, 1.82) is 0 Å². The molecule has 4 unspecified atom stereocenters. The van der Waals surface area contributed by atoms with Crippen molar-refractivity contribution in [3.63, 3.8) is 0 Å². The first-order valence-electron chi connectivity index (χ1n) is 15.3. The third-order valence-corrected chi connectivity index (χ3v) is 10.7. The van der Waals surface area contributed by atoms with Gasteiger partial charge in [-0.25, -0.2) is 0 Å². The van der Waals surface area contributed by atoms with Gasteiger partial charge in [-0.3, -0.25) is 0 Å². The Morgan fingerprint density at radius 2 is 0.854 bits per heavy atom. The Morgan fingerprint density at radius 1 is 0.585 bits per heavy atom. The van der Waals surface area contributed by atoms with Crippen LogP contribution >= 0.6 is 0 Å². The van der Waals surface area contributed by atoms with Gasteiger partial charge in [-0.15, -0.1) is 21.7 Å². The fourth-order valence-electron chi connectivity index (χ4n) is 6.03. The minimum absolute atomic E-state index is 0. The van der Waals surface area contributed by atoms with Gasteiger partial charge >= 0.3 is 21.7 Å². The van der Waals surface area contributed by atoms with Gasteiger partial charge in [-0.1, -0.05) is 165 Å². The zero-order chi connectivity index (χ0) is 31.0. The van der Waals surface area contributed by atoms with Crippen molar-refractivity contribution in [1.82, 2.24) is 0 Å². The zero-order valence-electron chi connectivity index (χ0n) is 30.7. The molecule has 0 radical (unpaired) electrons. The SMILES string of the molecule is CC(C)(C)[N-][Si](C)(C)C1C2C=CC(C(C)(C)C)=CC2C2C=C(C(C)(C)C)C=CC21.[CH2-][Si](C)(C)C.[CH2-][Si](C)(C)C.[CH3-].[Ti+4]. The summed E-state index contributed by atoms with van der Waals surface area (Å²) in [5.41, 5.74) is 4.13. The molecule has 0 heterocycles. The molecule has 1 saturated carbocycles. The summed E-state index contributed by atoms with van der Waals surface area (Å²) in [7, 11) is -3.52. The van der Waals surface area contributed by atoms with E-state index in [4.69, 9.17) is 4.98 Å². The third kappa shape index (κ3) is 15.2. The summed E-state index contributed by atoms with van der Waals surface area (Å²) in [4.78, 5) is 5.47. The third-order valence-electron chi connectivity index (χ3n) is 7.07. The van der Waals surface area contributed by atoms with Crippen LogP contribution in [0, 0.1) is 55.0 Å². The van der Waals surface area contributed by atoms with Crippen molar-refractivity contribution in [2.24, 2.45) is 34.5 Å². The van der Waals surface area contributed by atoms with E-state index < -0.39 is 24.4 Å². The number of rotatable bonds is 2. The molecule has 5 heteroatoms. The average Bonchev–Trinajstić information content (AvgIpc) is 2.95. The fourth-order valence-corrected chi connectivity index (χ4v) is 10.5. The van der Waals surface area contributed by atoms with E-state index in [-0.39, 0.29) is 45.5 Å². The second-order valence-corrected chi connectivity index (χ2v) is 32.8. The van der Waals surface area contributed by atoms with Crippen molar-refractivity contribution >= 4 is 24.4 Å². The number of allylic oxidation sites excluding steroid dienone is 8. The summed E-state index contributed by atoms with van der Waals surface area (Å²) in [5.74, 6) is 2.44. The van der Waals surface area contributed by atoms with Crippen LogP contribution in [0.3, 0.4) is 0 Å². The van der Waals surface area contributed by atoms with E-state index >= 15 is 0 Å². The molecule has 0 spiro atoms. The number of hydrogen-bond donors (Lipinski definition) is 0. The molecule has 3 rings (SSSR count). The zero-order valence-corrected chi connectivity index (χ0v) is 35.3. The van der Waals surface area contributed by atoms with Gasteiger partial charge in [0.05, 0.1) is 0 Å². The molecule has 0 amide bonds. The molecule has 234 valence electrons. The summed E-state index contributed by atoms with van der Waals surface area (Å²) in [5, 5.41) is 0. The van der Waals surface area contributed by atoms with Gasteiger partial charge in [0.25, 0.3) is 0 Å². The second-order valence-electron chi connectivity index (χ2n) is 18.4. The molecule has 1 nitrogen and oxygen atoms in total. The van der Waals surface area contributed by atoms with Gasteiger partial charge in [-0.2, -0.15) is 0 Å². The largest absolute Gasteiger partial charge is 4.00 e. The number of hydrogen-bond acceptors (Lipinski definition) is 0. The van der Waals surface area contributed by atoms with Crippen LogP contribution in [0.5, 0.6) is 0 Å². The Morgan fingerprint density at radius 3 is 1.07 bits per heavy atom. The molecular weight excluding hydrogens is 579 g/mol. The second kappa shape index (κ2) is 15.0. The maximum absolute atomic E-state index is 5.47. The molecule has 3 aliphatic carbocycles. The van der Waals surface area contributed by atoms with E-state index in [1.54, 1.807) is 0 Å². The molecule has 41 heavy (non-hydrogen) atoms. The quantitative estimate of drug-likeness (QED) is 0.209. The summed E-state index contributed by atoms with van der Waals surface area (Å²) in [6.07, 6.45) is 15.3. The first-order chi connectivity index (χ1) is 17.0. The van der Waals surface area contributed by atoms with Gasteiger partial charge in [0.15, 0.2) is 0 Å². The normalized spacial score (nSPS) is 26.0. The average molecular weight is 648 g/mol. The van der Waals surface area contributed by atoms with Crippen LogP contribution in [0.1, 0.15) is 62.3 Å². The van der Waals surface area contributed by atoms with Gasteiger partial charge in [0.2, 0.25) is 0 Å². The van der Waals surface area contributed by atoms with Crippen molar-refractivity contribution in [3.8, 4) is 0 Å². The Bertz CT molecular complexity index is 862. The van der Waals surface area contributed by atoms with Crippen molar-refractivity contribution in [2.45, 2.75) is 126 Å². The molecule has 3 aliphatic rings. The molecule has 0 saturated heterocycles. The van der Waals surface area contributed by atoms with Crippen LogP contribution in [0.25, 0.3) is 4.98 Å². The van der Waals surface area contributed by atoms with E-state index in [1.807, 2.05) is 0 Å². The van der Waals surface area contributed by atoms with Crippen LogP contribution in [-0.4, -0.2) is 29.9 Å². The van der Waals surface area contributed by atoms with E-state index in [9.17, 15) is 0 Å². The van der Waals surface area contributed by atoms with Crippen molar-refractivity contribution in [3.05, 3.63) is 73.1 Å². The minimum atomic E-state index is -1.79. The maximum atomic E-state index is 5.47. The van der Waals surface area contributed by atoms with Gasteiger partial charge in [-0.05, 0) is 45.6 Å². The van der Waals surface area contributed by atoms with E-state index in [0.29, 0.717) is 29.2 Å². The molecule has 0 aromatic carbocycles. The standard InChI is InChI=1S/C27H44NSi.2C4H11Si.CH3.Ti/c1-25(2,3)18-12-14-20-22(16-18)23-17-19(26(4,5)6)13-15-21(23)24(20)29(10,11)28-27(7,8)9;2*1-5(2,3)4;;/h12-17,20-24H,1-11H3;2*1H2,2-4H3;1H3;/q4*-1;+4. The van der Waals surface area contributed by atoms with Gasteiger partial charge in [0, 0.05) is 0 Å². The molecule has 0 bridgehead atoms. The minimum Gasteiger partial charge on any atom is -0.660 e. The molecule has 0 aromatic heterocycles.